The van der Waals surface area contributed by atoms with E-state index in [9.17, 15) is 23.6 Å². The molecule has 150 valence electrons. The molecule has 0 aromatic heterocycles. The van der Waals surface area contributed by atoms with E-state index in [0.717, 1.165) is 11.1 Å². The van der Waals surface area contributed by atoms with Gasteiger partial charge in [0.25, 0.3) is 5.91 Å². The van der Waals surface area contributed by atoms with E-state index in [1.54, 1.807) is 20.8 Å². The quantitative estimate of drug-likeness (QED) is 0.564. The molecule has 1 heterocycles. The van der Waals surface area contributed by atoms with Crippen molar-refractivity contribution < 1.29 is 23.6 Å². The molecule has 1 saturated heterocycles. The minimum atomic E-state index is -1.22. The number of hydrazine groups is 1. The van der Waals surface area contributed by atoms with Gasteiger partial charge in [-0.25, -0.2) is 19.1 Å². The number of rotatable bonds is 3. The van der Waals surface area contributed by atoms with Gasteiger partial charge in [-0.15, -0.1) is 0 Å². The average Bonchev–Trinajstić information content (AvgIpc) is 2.86. The van der Waals surface area contributed by atoms with Crippen LogP contribution in [0.1, 0.15) is 31.1 Å². The third kappa shape index (κ3) is 3.58. The first-order chi connectivity index (χ1) is 13.5. The largest absolute Gasteiger partial charge is 0.358 e. The third-order valence-corrected chi connectivity index (χ3v) is 4.42. The molecule has 2 aromatic carbocycles. The Balaban J connectivity index is 2.07. The Bertz CT molecular complexity index is 1020. The molecule has 3 rings (SSSR count). The lowest BCUT2D eigenvalue weighted by Crippen LogP contribution is -2.58. The minimum Gasteiger partial charge on any atom is -0.267 e. The summed E-state index contributed by atoms with van der Waals surface area (Å²) in [6.45, 7) is 4.67. The summed E-state index contributed by atoms with van der Waals surface area (Å²) in [7, 11) is 0. The average molecular weight is 418 g/mol. The van der Waals surface area contributed by atoms with E-state index in [1.165, 1.54) is 42.5 Å². The van der Waals surface area contributed by atoms with Crippen LogP contribution in [0.3, 0.4) is 0 Å². The summed E-state index contributed by atoms with van der Waals surface area (Å²) in [5.41, 5.74) is -1.34. The number of hydrogen-bond acceptors (Lipinski definition) is 4. The Morgan fingerprint density at radius 1 is 0.966 bits per heavy atom. The van der Waals surface area contributed by atoms with Crippen molar-refractivity contribution >= 4 is 41.0 Å². The zero-order valence-electron chi connectivity index (χ0n) is 15.8. The van der Waals surface area contributed by atoms with E-state index in [4.69, 9.17) is 11.6 Å². The summed E-state index contributed by atoms with van der Waals surface area (Å²) in [5, 5.41) is 1.62. The molecule has 0 radical (unpaired) electrons. The van der Waals surface area contributed by atoms with Crippen molar-refractivity contribution in [2.75, 3.05) is 4.90 Å². The van der Waals surface area contributed by atoms with Gasteiger partial charge >= 0.3 is 17.8 Å². The zero-order chi connectivity index (χ0) is 21.5. The lowest BCUT2D eigenvalue weighted by molar-refractivity contribution is -0.148. The number of anilines is 1. The van der Waals surface area contributed by atoms with E-state index in [2.05, 4.69) is 0 Å². The molecule has 9 heteroatoms. The fourth-order valence-electron chi connectivity index (χ4n) is 2.89. The van der Waals surface area contributed by atoms with Gasteiger partial charge < -0.3 is 0 Å². The van der Waals surface area contributed by atoms with Crippen LogP contribution in [0.5, 0.6) is 0 Å². The molecular weight excluding hydrogens is 401 g/mol. The predicted molar refractivity (Wildman–Crippen MR) is 104 cm³/mol. The van der Waals surface area contributed by atoms with Crippen LogP contribution in [-0.2, 0) is 9.59 Å². The molecule has 0 saturated carbocycles. The van der Waals surface area contributed by atoms with Crippen molar-refractivity contribution in [3.05, 3.63) is 64.9 Å². The molecule has 1 aliphatic heterocycles. The first-order valence-corrected chi connectivity index (χ1v) is 8.99. The van der Waals surface area contributed by atoms with Crippen molar-refractivity contribution in [1.82, 2.24) is 10.0 Å². The predicted octanol–water partition coefficient (Wildman–Crippen LogP) is 3.63. The zero-order valence-corrected chi connectivity index (χ0v) is 16.6. The van der Waals surface area contributed by atoms with Gasteiger partial charge in [-0.1, -0.05) is 23.7 Å². The number of amides is 5. The highest BCUT2D eigenvalue weighted by atomic mass is 35.5. The van der Waals surface area contributed by atoms with Gasteiger partial charge in [-0.05, 0) is 57.2 Å². The molecule has 0 unspecified atom stereocenters. The third-order valence-electron chi connectivity index (χ3n) is 4.17. The smallest absolute Gasteiger partial charge is 0.267 e. The molecule has 0 atom stereocenters. The van der Waals surface area contributed by atoms with Crippen LogP contribution >= 0.6 is 11.6 Å². The van der Waals surface area contributed by atoms with E-state index in [-0.39, 0.29) is 11.3 Å². The van der Waals surface area contributed by atoms with Crippen molar-refractivity contribution in [3.63, 3.8) is 0 Å². The summed E-state index contributed by atoms with van der Waals surface area (Å²) in [6, 6.07) is 9.85. The maximum Gasteiger partial charge on any atom is 0.358 e. The van der Waals surface area contributed by atoms with Crippen LogP contribution in [0.15, 0.2) is 48.5 Å². The summed E-state index contributed by atoms with van der Waals surface area (Å²) in [5.74, 6) is -4.09. The Morgan fingerprint density at radius 2 is 1.55 bits per heavy atom. The second-order valence-corrected chi connectivity index (χ2v) is 7.72. The maximum absolute atomic E-state index is 14.2. The summed E-state index contributed by atoms with van der Waals surface area (Å²) in [4.78, 5) is 51.9. The topological polar surface area (TPSA) is 78.0 Å². The summed E-state index contributed by atoms with van der Waals surface area (Å²) >= 11 is 5.83. The number of carbonyl (C=O) groups excluding carboxylic acids is 4. The highest BCUT2D eigenvalue weighted by Gasteiger charge is 2.52. The number of urea groups is 1. The highest BCUT2D eigenvalue weighted by molar-refractivity contribution is 6.52. The van der Waals surface area contributed by atoms with Crippen LogP contribution in [0.25, 0.3) is 0 Å². The number of carbonyl (C=O) groups is 4. The van der Waals surface area contributed by atoms with Gasteiger partial charge in [-0.2, -0.15) is 5.01 Å². The first-order valence-electron chi connectivity index (χ1n) is 8.61. The minimum absolute atomic E-state index is 0.118. The normalized spacial score (nSPS) is 14.6. The molecule has 5 amide bonds. The first kappa shape index (κ1) is 20.5. The molecule has 0 N–H and O–H groups in total. The number of imide groups is 2. The van der Waals surface area contributed by atoms with Gasteiger partial charge in [0.15, 0.2) is 0 Å². The molecule has 7 nitrogen and oxygen atoms in total. The summed E-state index contributed by atoms with van der Waals surface area (Å²) in [6.07, 6.45) is 0. The molecule has 1 aliphatic rings. The Kier molecular flexibility index (Phi) is 5.15. The lowest BCUT2D eigenvalue weighted by atomic mass is 10.1. The molecule has 0 spiro atoms. The number of nitrogens with zero attached hydrogens (tertiary/aromatic N) is 3. The van der Waals surface area contributed by atoms with Crippen molar-refractivity contribution in [3.8, 4) is 0 Å². The van der Waals surface area contributed by atoms with E-state index < -0.39 is 35.1 Å². The molecule has 0 aliphatic carbocycles. The van der Waals surface area contributed by atoms with Crippen LogP contribution in [0.2, 0.25) is 5.02 Å². The van der Waals surface area contributed by atoms with Gasteiger partial charge in [-0.3, -0.25) is 14.4 Å². The lowest BCUT2D eigenvalue weighted by Gasteiger charge is -2.39. The highest BCUT2D eigenvalue weighted by Crippen LogP contribution is 2.29. The van der Waals surface area contributed by atoms with Gasteiger partial charge in [0.05, 0.1) is 16.8 Å². The van der Waals surface area contributed by atoms with Gasteiger partial charge in [0, 0.05) is 5.02 Å². The monoisotopic (exact) mass is 417 g/mol. The van der Waals surface area contributed by atoms with Crippen LogP contribution in [0.4, 0.5) is 14.9 Å². The molecule has 29 heavy (non-hydrogen) atoms. The fraction of sp³-hybridized carbons (Fsp3) is 0.200. The van der Waals surface area contributed by atoms with Crippen LogP contribution in [0, 0.1) is 5.82 Å². The van der Waals surface area contributed by atoms with E-state index >= 15 is 0 Å². The molecule has 2 aromatic rings. The Labute approximate surface area is 171 Å². The number of hydrogen-bond donors (Lipinski definition) is 0. The van der Waals surface area contributed by atoms with Crippen LogP contribution in [-0.4, -0.2) is 39.3 Å². The van der Waals surface area contributed by atoms with Crippen molar-refractivity contribution in [2.45, 2.75) is 26.3 Å². The van der Waals surface area contributed by atoms with Crippen LogP contribution < -0.4 is 4.90 Å². The van der Waals surface area contributed by atoms with E-state index in [1.807, 2.05) is 0 Å². The van der Waals surface area contributed by atoms with Gasteiger partial charge in [0.1, 0.15) is 5.82 Å². The van der Waals surface area contributed by atoms with Gasteiger partial charge in [0.2, 0.25) is 0 Å². The Hall–Kier alpha value is -3.26. The molecule has 1 fully saturated rings. The fourth-order valence-corrected chi connectivity index (χ4v) is 3.02. The summed E-state index contributed by atoms with van der Waals surface area (Å²) < 4.78 is 14.2. The second kappa shape index (κ2) is 7.29. The molecular formula is C20H17ClFN3O4. The SMILES string of the molecule is CC(C)(C)N(C(=O)c1ccccc1F)N1C(=O)C(=O)N(c2ccc(Cl)cc2)C1=O. The van der Waals surface area contributed by atoms with Crippen molar-refractivity contribution in [1.29, 1.82) is 0 Å². The van der Waals surface area contributed by atoms with E-state index in [0.29, 0.717) is 14.9 Å². The maximum atomic E-state index is 14.2. The number of benzene rings is 2. The standard InChI is InChI=1S/C20H17ClFN3O4/c1-20(2,3)25(16(26)14-6-4-5-7-15(14)22)24-18(28)17(27)23(19(24)29)13-10-8-12(21)9-11-13/h4-11H,1-3H3. The van der Waals surface area contributed by atoms with Crippen molar-refractivity contribution in [2.24, 2.45) is 0 Å². The molecule has 0 bridgehead atoms. The Morgan fingerprint density at radius 3 is 2.10 bits per heavy atom. The number of halogens is 2. The second-order valence-electron chi connectivity index (χ2n) is 7.28.